The van der Waals surface area contributed by atoms with Crippen molar-refractivity contribution in [3.05, 3.63) is 59.7 Å². The van der Waals surface area contributed by atoms with E-state index < -0.39 is 6.61 Å². The van der Waals surface area contributed by atoms with Gasteiger partial charge in [0, 0.05) is 5.69 Å². The fraction of sp³-hybridized carbons (Fsp3) is 0.278. The zero-order valence-corrected chi connectivity index (χ0v) is 16.4. The lowest BCUT2D eigenvalue weighted by Crippen LogP contribution is -2.22. The number of anilines is 1. The van der Waals surface area contributed by atoms with Crippen molar-refractivity contribution in [1.29, 1.82) is 0 Å². The van der Waals surface area contributed by atoms with Crippen molar-refractivity contribution in [2.24, 2.45) is 10.7 Å². The number of alkyl halides is 2. The van der Waals surface area contributed by atoms with Crippen LogP contribution >= 0.6 is 24.0 Å². The molecular formula is C18H22F2IN3O. The van der Waals surface area contributed by atoms with Crippen molar-refractivity contribution < 1.29 is 13.5 Å². The van der Waals surface area contributed by atoms with Crippen molar-refractivity contribution in [2.75, 3.05) is 5.32 Å². The maximum Gasteiger partial charge on any atom is 0.387 e. The minimum atomic E-state index is -2.84. The molecule has 2 rings (SSSR count). The van der Waals surface area contributed by atoms with E-state index in [1.54, 1.807) is 12.1 Å². The van der Waals surface area contributed by atoms with Gasteiger partial charge in [0.15, 0.2) is 5.96 Å². The molecule has 0 saturated heterocycles. The second-order valence-corrected chi connectivity index (χ2v) is 5.63. The van der Waals surface area contributed by atoms with Gasteiger partial charge in [-0.3, -0.25) is 0 Å². The molecule has 0 spiro atoms. The van der Waals surface area contributed by atoms with Crippen LogP contribution < -0.4 is 15.8 Å². The average Bonchev–Trinajstić information content (AvgIpc) is 2.53. The molecular weight excluding hydrogens is 439 g/mol. The number of guanidine groups is 1. The molecule has 3 N–H and O–H groups in total. The van der Waals surface area contributed by atoms with Crippen LogP contribution in [0.4, 0.5) is 14.5 Å². The molecule has 0 aliphatic carbocycles. The number of hydrogen-bond donors (Lipinski definition) is 2. The highest BCUT2D eigenvalue weighted by Gasteiger charge is 2.05. The van der Waals surface area contributed by atoms with Gasteiger partial charge in [-0.05, 0) is 41.3 Å². The SMILES string of the molecule is CC(C)c1cccc(NC(N)=NCc2cccc(OC(F)F)c2)c1.I. The van der Waals surface area contributed by atoms with E-state index in [0.29, 0.717) is 5.92 Å². The van der Waals surface area contributed by atoms with E-state index in [1.807, 2.05) is 18.2 Å². The van der Waals surface area contributed by atoms with Crippen molar-refractivity contribution in [1.82, 2.24) is 0 Å². The first-order valence-corrected chi connectivity index (χ1v) is 7.64. The number of rotatable bonds is 6. The lowest BCUT2D eigenvalue weighted by Gasteiger charge is -2.10. The third-order valence-electron chi connectivity index (χ3n) is 3.38. The summed E-state index contributed by atoms with van der Waals surface area (Å²) in [5.41, 5.74) is 8.67. The van der Waals surface area contributed by atoms with E-state index in [1.165, 1.54) is 17.7 Å². The van der Waals surface area contributed by atoms with Gasteiger partial charge in [-0.1, -0.05) is 38.1 Å². The summed E-state index contributed by atoms with van der Waals surface area (Å²) in [6.07, 6.45) is 0. The fourth-order valence-electron chi connectivity index (χ4n) is 2.16. The first-order valence-electron chi connectivity index (χ1n) is 7.64. The summed E-state index contributed by atoms with van der Waals surface area (Å²) in [5, 5.41) is 3.03. The van der Waals surface area contributed by atoms with Gasteiger partial charge in [0.25, 0.3) is 0 Å². The smallest absolute Gasteiger partial charge is 0.387 e. The van der Waals surface area contributed by atoms with E-state index >= 15 is 0 Å². The number of hydrogen-bond acceptors (Lipinski definition) is 2. The molecule has 0 heterocycles. The summed E-state index contributed by atoms with van der Waals surface area (Å²) in [7, 11) is 0. The quantitative estimate of drug-likeness (QED) is 0.364. The second kappa shape index (κ2) is 10.2. The fourth-order valence-corrected chi connectivity index (χ4v) is 2.16. The Morgan fingerprint density at radius 1 is 1.16 bits per heavy atom. The Hall–Kier alpha value is -1.90. The standard InChI is InChI=1S/C18H21F2N3O.HI/c1-12(2)14-6-4-7-15(10-14)23-18(21)22-11-13-5-3-8-16(9-13)24-17(19)20;/h3-10,12,17H,11H2,1-2H3,(H3,21,22,23);1H. The van der Waals surface area contributed by atoms with Gasteiger partial charge in [0.1, 0.15) is 5.75 Å². The molecule has 136 valence electrons. The molecule has 0 unspecified atom stereocenters. The lowest BCUT2D eigenvalue weighted by molar-refractivity contribution is -0.0498. The predicted molar refractivity (Wildman–Crippen MR) is 108 cm³/mol. The minimum absolute atomic E-state index is 0. The summed E-state index contributed by atoms with van der Waals surface area (Å²) in [6, 6.07) is 14.3. The van der Waals surface area contributed by atoms with Gasteiger partial charge in [0.05, 0.1) is 6.54 Å². The second-order valence-electron chi connectivity index (χ2n) is 5.63. The number of halogens is 3. The molecule has 0 bridgehead atoms. The largest absolute Gasteiger partial charge is 0.435 e. The Morgan fingerprint density at radius 3 is 2.56 bits per heavy atom. The highest BCUT2D eigenvalue weighted by Crippen LogP contribution is 2.19. The zero-order chi connectivity index (χ0) is 17.5. The normalized spacial score (nSPS) is 11.4. The van der Waals surface area contributed by atoms with Crippen molar-refractivity contribution >= 4 is 35.6 Å². The predicted octanol–water partition coefficient (Wildman–Crippen LogP) is 4.96. The molecule has 0 radical (unpaired) electrons. The van der Waals surface area contributed by atoms with Crippen LogP contribution in [-0.4, -0.2) is 12.6 Å². The number of nitrogens with zero attached hydrogens (tertiary/aromatic N) is 1. The van der Waals surface area contributed by atoms with Crippen LogP contribution in [0.15, 0.2) is 53.5 Å². The summed E-state index contributed by atoms with van der Waals surface area (Å²) in [6.45, 7) is 1.66. The highest BCUT2D eigenvalue weighted by atomic mass is 127. The molecule has 4 nitrogen and oxygen atoms in total. The van der Waals surface area contributed by atoms with E-state index in [9.17, 15) is 8.78 Å². The van der Waals surface area contributed by atoms with Crippen LogP contribution in [0.25, 0.3) is 0 Å². The topological polar surface area (TPSA) is 59.6 Å². The maximum atomic E-state index is 12.2. The van der Waals surface area contributed by atoms with E-state index in [2.05, 4.69) is 35.0 Å². The van der Waals surface area contributed by atoms with Crippen LogP contribution in [0.5, 0.6) is 5.75 Å². The molecule has 7 heteroatoms. The third-order valence-corrected chi connectivity index (χ3v) is 3.38. The molecule has 2 aromatic carbocycles. The molecule has 0 aromatic heterocycles. The maximum absolute atomic E-state index is 12.2. The minimum Gasteiger partial charge on any atom is -0.435 e. The van der Waals surface area contributed by atoms with Gasteiger partial charge >= 0.3 is 6.61 Å². The first kappa shape index (κ1) is 21.1. The number of benzene rings is 2. The Kier molecular flexibility index (Phi) is 8.60. The van der Waals surface area contributed by atoms with Crippen LogP contribution in [-0.2, 0) is 6.54 Å². The highest BCUT2D eigenvalue weighted by molar-refractivity contribution is 14.0. The molecule has 25 heavy (non-hydrogen) atoms. The van der Waals surface area contributed by atoms with Gasteiger partial charge in [-0.25, -0.2) is 4.99 Å². The molecule has 0 amide bonds. The molecule has 0 aliphatic heterocycles. The van der Waals surface area contributed by atoms with Crippen LogP contribution in [0.3, 0.4) is 0 Å². The van der Waals surface area contributed by atoms with Crippen LogP contribution in [0.1, 0.15) is 30.9 Å². The van der Waals surface area contributed by atoms with Gasteiger partial charge in [-0.2, -0.15) is 8.78 Å². The number of nitrogens with two attached hydrogens (primary N) is 1. The van der Waals surface area contributed by atoms with Crippen molar-refractivity contribution in [3.63, 3.8) is 0 Å². The Bertz CT molecular complexity index is 708. The monoisotopic (exact) mass is 461 g/mol. The molecule has 0 aliphatic rings. The zero-order valence-electron chi connectivity index (χ0n) is 14.1. The Morgan fingerprint density at radius 2 is 1.88 bits per heavy atom. The van der Waals surface area contributed by atoms with Crippen LogP contribution in [0, 0.1) is 0 Å². The van der Waals surface area contributed by atoms with Crippen LogP contribution in [0.2, 0.25) is 0 Å². The van der Waals surface area contributed by atoms with Crippen molar-refractivity contribution in [3.8, 4) is 5.75 Å². The van der Waals surface area contributed by atoms with E-state index in [4.69, 9.17) is 5.73 Å². The molecule has 0 saturated carbocycles. The van der Waals surface area contributed by atoms with E-state index in [0.717, 1.165) is 11.3 Å². The van der Waals surface area contributed by atoms with Crippen molar-refractivity contribution in [2.45, 2.75) is 32.9 Å². The summed E-state index contributed by atoms with van der Waals surface area (Å²) >= 11 is 0. The Labute approximate surface area is 163 Å². The number of nitrogens with one attached hydrogen (secondary N) is 1. The first-order chi connectivity index (χ1) is 11.4. The number of ether oxygens (including phenoxy) is 1. The molecule has 2 aromatic rings. The molecule has 0 atom stereocenters. The summed E-state index contributed by atoms with van der Waals surface area (Å²) in [5.74, 6) is 0.785. The van der Waals surface area contributed by atoms with Gasteiger partial charge < -0.3 is 15.8 Å². The summed E-state index contributed by atoms with van der Waals surface area (Å²) < 4.78 is 28.8. The average molecular weight is 461 g/mol. The van der Waals surface area contributed by atoms with E-state index in [-0.39, 0.29) is 42.2 Å². The number of aliphatic imine (C=N–C) groups is 1. The van der Waals surface area contributed by atoms with Gasteiger partial charge in [0.2, 0.25) is 0 Å². The molecule has 0 fully saturated rings. The summed E-state index contributed by atoms with van der Waals surface area (Å²) in [4.78, 5) is 4.22. The lowest BCUT2D eigenvalue weighted by atomic mass is 10.0. The Balaban J connectivity index is 0.00000312. The third kappa shape index (κ3) is 7.25. The van der Waals surface area contributed by atoms with Gasteiger partial charge in [-0.15, -0.1) is 24.0 Å².